The number of nitrogens with two attached hydrogens (primary N) is 1. The Morgan fingerprint density at radius 2 is 2.17 bits per heavy atom. The molecule has 0 atom stereocenters. The molecule has 0 saturated carbocycles. The van der Waals surface area contributed by atoms with Crippen LogP contribution in [-0.2, 0) is 9.53 Å². The smallest absolute Gasteiger partial charge is 0.350 e. The van der Waals surface area contributed by atoms with Crippen molar-refractivity contribution in [2.24, 2.45) is 5.73 Å². The number of nitriles is 2. The van der Waals surface area contributed by atoms with Gasteiger partial charge in [-0.3, -0.25) is 0 Å². The molecule has 0 bridgehead atoms. The summed E-state index contributed by atoms with van der Waals surface area (Å²) in [5.74, 6) is -0.815. The predicted octanol–water partition coefficient (Wildman–Crippen LogP) is -0.191. The molecule has 0 aromatic carbocycles. The van der Waals surface area contributed by atoms with Gasteiger partial charge in [-0.2, -0.15) is 10.5 Å². The molecule has 0 rings (SSSR count). The van der Waals surface area contributed by atoms with Crippen LogP contribution in [0.2, 0.25) is 0 Å². The maximum absolute atomic E-state index is 10.8. The number of hydrogen-bond donors (Lipinski definition) is 1. The van der Waals surface area contributed by atoms with Crippen LogP contribution in [0.15, 0.2) is 11.3 Å². The molecule has 5 heteroatoms. The zero-order valence-electron chi connectivity index (χ0n) is 6.50. The molecule has 2 N–H and O–H groups in total. The summed E-state index contributed by atoms with van der Waals surface area (Å²) in [7, 11) is 1.14. The Morgan fingerprint density at radius 3 is 2.50 bits per heavy atom. The molecule has 12 heavy (non-hydrogen) atoms. The van der Waals surface area contributed by atoms with Crippen molar-refractivity contribution in [3.8, 4) is 12.1 Å². The number of esters is 1. The molecule has 5 nitrogen and oxygen atoms in total. The zero-order valence-corrected chi connectivity index (χ0v) is 6.50. The van der Waals surface area contributed by atoms with Crippen molar-refractivity contribution in [1.82, 2.24) is 0 Å². The lowest BCUT2D eigenvalue weighted by Crippen LogP contribution is -2.11. The standard InChI is InChI=1S/C7H7N3O2/c1-12-7(11)5(4-9)6(10)2-3-8/h2,10H2,1H3/b6-5+. The van der Waals surface area contributed by atoms with Crippen molar-refractivity contribution >= 4 is 5.97 Å². The van der Waals surface area contributed by atoms with E-state index in [4.69, 9.17) is 16.3 Å². The lowest BCUT2D eigenvalue weighted by molar-refractivity contribution is -0.135. The van der Waals surface area contributed by atoms with Crippen molar-refractivity contribution in [3.63, 3.8) is 0 Å². The Kier molecular flexibility index (Phi) is 3.96. The maximum atomic E-state index is 10.8. The third-order valence-electron chi connectivity index (χ3n) is 1.09. The summed E-state index contributed by atoms with van der Waals surface area (Å²) in [4.78, 5) is 10.8. The SMILES string of the molecule is COC(=O)/C(C#N)=C(/N)CC#N. The number of nitrogens with zero attached hydrogens (tertiary/aromatic N) is 2. The lowest BCUT2D eigenvalue weighted by Gasteiger charge is -1.98. The van der Waals surface area contributed by atoms with Crippen LogP contribution in [0, 0.1) is 22.7 Å². The second kappa shape index (κ2) is 4.75. The highest BCUT2D eigenvalue weighted by Crippen LogP contribution is 2.02. The van der Waals surface area contributed by atoms with E-state index in [0.29, 0.717) is 0 Å². The highest BCUT2D eigenvalue weighted by molar-refractivity contribution is 5.93. The van der Waals surface area contributed by atoms with Gasteiger partial charge in [0.1, 0.15) is 6.07 Å². The van der Waals surface area contributed by atoms with E-state index < -0.39 is 5.97 Å². The first-order chi connectivity index (χ1) is 5.67. The second-order valence-electron chi connectivity index (χ2n) is 1.84. The zero-order chi connectivity index (χ0) is 9.56. The minimum absolute atomic E-state index is 0.0631. The molecule has 0 unspecified atom stereocenters. The molecule has 0 spiro atoms. The predicted molar refractivity (Wildman–Crippen MR) is 39.1 cm³/mol. The van der Waals surface area contributed by atoms with E-state index in [9.17, 15) is 4.79 Å². The van der Waals surface area contributed by atoms with Gasteiger partial charge in [0, 0.05) is 5.70 Å². The normalized spacial score (nSPS) is 10.6. The summed E-state index contributed by atoms with van der Waals surface area (Å²) in [5, 5.41) is 16.6. The number of carbonyl (C=O) groups excluding carboxylic acids is 1. The molecule has 0 fully saturated rings. The number of carbonyl (C=O) groups is 1. The third kappa shape index (κ3) is 2.31. The minimum atomic E-state index is -0.815. The Bertz CT molecular complexity index is 293. The van der Waals surface area contributed by atoms with Crippen molar-refractivity contribution in [3.05, 3.63) is 11.3 Å². The van der Waals surface area contributed by atoms with Crippen LogP contribution in [-0.4, -0.2) is 13.1 Å². The van der Waals surface area contributed by atoms with Gasteiger partial charge in [-0.25, -0.2) is 4.79 Å². The van der Waals surface area contributed by atoms with E-state index in [-0.39, 0.29) is 17.7 Å². The van der Waals surface area contributed by atoms with Crippen LogP contribution < -0.4 is 5.73 Å². The molecule has 0 aromatic heterocycles. The third-order valence-corrected chi connectivity index (χ3v) is 1.09. The number of rotatable bonds is 2. The minimum Gasteiger partial charge on any atom is -0.465 e. The first kappa shape index (κ1) is 9.99. The molecular formula is C7H7N3O2. The van der Waals surface area contributed by atoms with E-state index in [1.54, 1.807) is 12.1 Å². The Balaban J connectivity index is 4.79. The average Bonchev–Trinajstić information content (AvgIpc) is 2.06. The fourth-order valence-electron chi connectivity index (χ4n) is 0.524. The van der Waals surface area contributed by atoms with Crippen LogP contribution >= 0.6 is 0 Å². The van der Waals surface area contributed by atoms with Gasteiger partial charge in [0.25, 0.3) is 0 Å². The van der Waals surface area contributed by atoms with Gasteiger partial charge in [0.05, 0.1) is 19.6 Å². The topological polar surface area (TPSA) is 99.9 Å². The van der Waals surface area contributed by atoms with Crippen LogP contribution in [0.25, 0.3) is 0 Å². The fraction of sp³-hybridized carbons (Fsp3) is 0.286. The monoisotopic (exact) mass is 165 g/mol. The largest absolute Gasteiger partial charge is 0.465 e. The molecule has 0 saturated heterocycles. The lowest BCUT2D eigenvalue weighted by atomic mass is 10.2. The maximum Gasteiger partial charge on any atom is 0.350 e. The molecule has 0 aliphatic carbocycles. The van der Waals surface area contributed by atoms with E-state index in [0.717, 1.165) is 7.11 Å². The Labute approximate surface area is 69.6 Å². The van der Waals surface area contributed by atoms with Crippen LogP contribution in [0.4, 0.5) is 0 Å². The highest BCUT2D eigenvalue weighted by atomic mass is 16.5. The molecule has 0 aromatic rings. The molecule has 0 aliphatic rings. The summed E-state index contributed by atoms with van der Waals surface area (Å²) in [6.45, 7) is 0. The summed E-state index contributed by atoms with van der Waals surface area (Å²) < 4.78 is 4.26. The summed E-state index contributed by atoms with van der Waals surface area (Å²) in [6, 6.07) is 3.29. The quantitative estimate of drug-likeness (QED) is 0.347. The van der Waals surface area contributed by atoms with Crippen molar-refractivity contribution in [2.45, 2.75) is 6.42 Å². The molecule has 0 radical (unpaired) electrons. The number of allylic oxidation sites excluding steroid dienone is 1. The molecule has 0 aliphatic heterocycles. The van der Waals surface area contributed by atoms with Crippen LogP contribution in [0.1, 0.15) is 6.42 Å². The molecule has 0 heterocycles. The van der Waals surface area contributed by atoms with E-state index in [2.05, 4.69) is 4.74 Å². The van der Waals surface area contributed by atoms with Crippen molar-refractivity contribution < 1.29 is 9.53 Å². The van der Waals surface area contributed by atoms with Gasteiger partial charge >= 0.3 is 5.97 Å². The Hall–Kier alpha value is -2.01. The molecule has 62 valence electrons. The summed E-state index contributed by atoms with van der Waals surface area (Å²) in [6.07, 6.45) is -0.155. The average molecular weight is 165 g/mol. The van der Waals surface area contributed by atoms with Crippen LogP contribution in [0.5, 0.6) is 0 Å². The van der Waals surface area contributed by atoms with Gasteiger partial charge in [-0.1, -0.05) is 0 Å². The Morgan fingerprint density at radius 1 is 1.58 bits per heavy atom. The summed E-state index contributed by atoms with van der Waals surface area (Å²) >= 11 is 0. The first-order valence-corrected chi connectivity index (χ1v) is 3.01. The number of ether oxygens (including phenoxy) is 1. The van der Waals surface area contributed by atoms with Gasteiger partial charge in [-0.05, 0) is 0 Å². The van der Waals surface area contributed by atoms with E-state index in [1.807, 2.05) is 0 Å². The van der Waals surface area contributed by atoms with Crippen LogP contribution in [0.3, 0.4) is 0 Å². The van der Waals surface area contributed by atoms with Gasteiger partial charge < -0.3 is 10.5 Å². The fourth-order valence-corrected chi connectivity index (χ4v) is 0.524. The first-order valence-electron chi connectivity index (χ1n) is 3.01. The van der Waals surface area contributed by atoms with Gasteiger partial charge in [-0.15, -0.1) is 0 Å². The molecule has 0 amide bonds. The van der Waals surface area contributed by atoms with Crippen molar-refractivity contribution in [2.75, 3.05) is 7.11 Å². The second-order valence-corrected chi connectivity index (χ2v) is 1.84. The van der Waals surface area contributed by atoms with E-state index in [1.165, 1.54) is 0 Å². The highest BCUT2D eigenvalue weighted by Gasteiger charge is 2.12. The molecular weight excluding hydrogens is 158 g/mol. The number of hydrogen-bond acceptors (Lipinski definition) is 5. The van der Waals surface area contributed by atoms with Crippen molar-refractivity contribution in [1.29, 1.82) is 10.5 Å². The van der Waals surface area contributed by atoms with Gasteiger partial charge in [0.15, 0.2) is 5.57 Å². The van der Waals surface area contributed by atoms with Gasteiger partial charge in [0.2, 0.25) is 0 Å². The number of methoxy groups -OCH3 is 1. The summed E-state index contributed by atoms with van der Waals surface area (Å²) in [5.41, 5.74) is 4.88. The van der Waals surface area contributed by atoms with E-state index >= 15 is 0 Å².